The average Bonchev–Trinajstić information content (AvgIpc) is 2.73. The van der Waals surface area contributed by atoms with Gasteiger partial charge in [0.25, 0.3) is 5.91 Å². The van der Waals surface area contributed by atoms with Crippen molar-refractivity contribution in [1.29, 1.82) is 0 Å². The maximum atomic E-state index is 12.4. The van der Waals surface area contributed by atoms with Crippen LogP contribution in [0.4, 0.5) is 0 Å². The van der Waals surface area contributed by atoms with E-state index in [0.717, 1.165) is 18.4 Å². The smallest absolute Gasteiger partial charge is 0.251 e. The van der Waals surface area contributed by atoms with Gasteiger partial charge in [-0.25, -0.2) is 0 Å². The minimum absolute atomic E-state index is 0.0742. The van der Waals surface area contributed by atoms with Gasteiger partial charge in [0.1, 0.15) is 0 Å². The van der Waals surface area contributed by atoms with Crippen LogP contribution in [-0.2, 0) is 14.9 Å². The molecule has 1 fully saturated rings. The number of aryl methyl sites for hydroxylation is 1. The Labute approximate surface area is 176 Å². The van der Waals surface area contributed by atoms with Gasteiger partial charge >= 0.3 is 0 Å². The van der Waals surface area contributed by atoms with Crippen LogP contribution in [-0.4, -0.2) is 38.1 Å². The lowest BCUT2D eigenvalue weighted by Gasteiger charge is -2.38. The molecule has 0 saturated carbocycles. The van der Waals surface area contributed by atoms with Crippen molar-refractivity contribution in [2.45, 2.75) is 31.6 Å². The van der Waals surface area contributed by atoms with Crippen LogP contribution in [0, 0.1) is 6.92 Å². The van der Waals surface area contributed by atoms with Crippen LogP contribution in [0.2, 0.25) is 5.02 Å². The van der Waals surface area contributed by atoms with E-state index in [2.05, 4.69) is 10.6 Å². The van der Waals surface area contributed by atoms with Crippen molar-refractivity contribution < 1.29 is 14.3 Å². The minimum atomic E-state index is -0.155. The monoisotopic (exact) mass is 414 g/mol. The summed E-state index contributed by atoms with van der Waals surface area (Å²) < 4.78 is 5.53. The summed E-state index contributed by atoms with van der Waals surface area (Å²) in [6, 6.07) is 15.2. The van der Waals surface area contributed by atoms with Crippen LogP contribution in [0.1, 0.15) is 40.7 Å². The summed E-state index contributed by atoms with van der Waals surface area (Å²) in [6.45, 7) is 4.08. The van der Waals surface area contributed by atoms with Crippen molar-refractivity contribution in [1.82, 2.24) is 10.6 Å². The van der Waals surface area contributed by atoms with Gasteiger partial charge in [-0.3, -0.25) is 9.59 Å². The van der Waals surface area contributed by atoms with Crippen molar-refractivity contribution in [3.63, 3.8) is 0 Å². The van der Waals surface area contributed by atoms with Crippen LogP contribution in [0.15, 0.2) is 48.5 Å². The topological polar surface area (TPSA) is 67.4 Å². The van der Waals surface area contributed by atoms with E-state index >= 15 is 0 Å². The molecule has 1 saturated heterocycles. The van der Waals surface area contributed by atoms with E-state index in [9.17, 15) is 9.59 Å². The molecule has 0 atom stereocenters. The second-order valence-electron chi connectivity index (χ2n) is 7.50. The molecule has 2 N–H and O–H groups in total. The van der Waals surface area contributed by atoms with Gasteiger partial charge in [0.2, 0.25) is 5.91 Å². The van der Waals surface area contributed by atoms with Crippen molar-refractivity contribution in [3.05, 3.63) is 70.2 Å². The lowest BCUT2D eigenvalue weighted by atomic mass is 9.74. The first-order valence-corrected chi connectivity index (χ1v) is 10.3. The lowest BCUT2D eigenvalue weighted by Crippen LogP contribution is -2.45. The third kappa shape index (κ3) is 5.58. The zero-order valence-corrected chi connectivity index (χ0v) is 17.4. The third-order valence-corrected chi connectivity index (χ3v) is 5.81. The van der Waals surface area contributed by atoms with Crippen LogP contribution >= 0.6 is 11.6 Å². The van der Waals surface area contributed by atoms with E-state index in [4.69, 9.17) is 16.3 Å². The Bertz CT molecular complexity index is 845. The maximum Gasteiger partial charge on any atom is 0.251 e. The Morgan fingerprint density at radius 2 is 1.72 bits per heavy atom. The summed E-state index contributed by atoms with van der Waals surface area (Å²) in [7, 11) is 0. The van der Waals surface area contributed by atoms with Gasteiger partial charge in [-0.1, -0.05) is 41.9 Å². The van der Waals surface area contributed by atoms with Gasteiger partial charge in [0, 0.05) is 48.7 Å². The molecule has 1 heterocycles. The number of carbonyl (C=O) groups excluding carboxylic acids is 2. The van der Waals surface area contributed by atoms with E-state index in [1.807, 2.05) is 49.4 Å². The molecule has 0 aliphatic carbocycles. The highest BCUT2D eigenvalue weighted by atomic mass is 35.5. The second kappa shape index (κ2) is 9.90. The minimum Gasteiger partial charge on any atom is -0.381 e. The number of hydrogen-bond donors (Lipinski definition) is 2. The highest BCUT2D eigenvalue weighted by Crippen LogP contribution is 2.34. The van der Waals surface area contributed by atoms with Crippen LogP contribution in [0.5, 0.6) is 0 Å². The molecule has 0 spiro atoms. The van der Waals surface area contributed by atoms with E-state index in [1.54, 1.807) is 6.07 Å². The van der Waals surface area contributed by atoms with E-state index < -0.39 is 0 Å². The SMILES string of the molecule is Cc1ccccc1C(=O)NCCC(=O)NCC1(c2ccc(Cl)cc2)CCOCC1. The molecule has 154 valence electrons. The molecule has 0 radical (unpaired) electrons. The molecule has 0 bridgehead atoms. The van der Waals surface area contributed by atoms with Crippen molar-refractivity contribution in [3.8, 4) is 0 Å². The fraction of sp³-hybridized carbons (Fsp3) is 0.391. The standard InChI is InChI=1S/C23H27ClN2O3/c1-17-4-2-3-5-20(17)22(28)25-13-10-21(27)26-16-23(11-14-29-15-12-23)18-6-8-19(24)9-7-18/h2-9H,10-16H2,1H3,(H,25,28)(H,26,27). The summed E-state index contributed by atoms with van der Waals surface area (Å²) in [4.78, 5) is 24.6. The number of rotatable bonds is 7. The summed E-state index contributed by atoms with van der Waals surface area (Å²) in [5.41, 5.74) is 2.57. The first kappa shape index (κ1) is 21.3. The molecule has 0 unspecified atom stereocenters. The van der Waals surface area contributed by atoms with Crippen molar-refractivity contribution in [2.75, 3.05) is 26.3 Å². The summed E-state index contributed by atoms with van der Waals surface area (Å²) in [5, 5.41) is 6.57. The Balaban J connectivity index is 1.52. The Morgan fingerprint density at radius 1 is 1.03 bits per heavy atom. The zero-order chi connectivity index (χ0) is 20.7. The van der Waals surface area contributed by atoms with Gasteiger partial charge in [-0.2, -0.15) is 0 Å². The quantitative estimate of drug-likeness (QED) is 0.726. The fourth-order valence-electron chi connectivity index (χ4n) is 3.70. The first-order valence-electron chi connectivity index (χ1n) is 9.94. The van der Waals surface area contributed by atoms with Gasteiger partial charge in [-0.05, 0) is 49.1 Å². The molecule has 1 aliphatic rings. The summed E-state index contributed by atoms with van der Waals surface area (Å²) in [5.74, 6) is -0.229. The molecule has 2 aromatic carbocycles. The molecule has 1 aliphatic heterocycles. The second-order valence-corrected chi connectivity index (χ2v) is 7.93. The predicted octanol–water partition coefficient (Wildman–Crippen LogP) is 3.63. The number of ether oxygens (including phenoxy) is 1. The fourth-order valence-corrected chi connectivity index (χ4v) is 3.83. The molecular formula is C23H27ClN2O3. The van der Waals surface area contributed by atoms with E-state index in [1.165, 1.54) is 5.56 Å². The van der Waals surface area contributed by atoms with Gasteiger partial charge in [-0.15, -0.1) is 0 Å². The molecule has 5 nitrogen and oxygen atoms in total. The molecule has 2 aromatic rings. The molecule has 6 heteroatoms. The number of halogens is 1. The summed E-state index contributed by atoms with van der Waals surface area (Å²) >= 11 is 6.03. The number of nitrogens with one attached hydrogen (secondary N) is 2. The number of benzene rings is 2. The number of amides is 2. The highest BCUT2D eigenvalue weighted by molar-refractivity contribution is 6.30. The Kier molecular flexibility index (Phi) is 7.29. The van der Waals surface area contributed by atoms with Crippen molar-refractivity contribution >= 4 is 23.4 Å². The molecule has 3 rings (SSSR count). The first-order chi connectivity index (χ1) is 14.0. The summed E-state index contributed by atoms with van der Waals surface area (Å²) in [6.07, 6.45) is 1.93. The highest BCUT2D eigenvalue weighted by Gasteiger charge is 2.34. The van der Waals surface area contributed by atoms with Crippen molar-refractivity contribution in [2.24, 2.45) is 0 Å². The maximum absolute atomic E-state index is 12.4. The number of hydrogen-bond acceptors (Lipinski definition) is 3. The Hall–Kier alpha value is -2.37. The van der Waals surface area contributed by atoms with Gasteiger partial charge in [0.05, 0.1) is 0 Å². The normalized spacial score (nSPS) is 15.5. The average molecular weight is 415 g/mol. The zero-order valence-electron chi connectivity index (χ0n) is 16.7. The van der Waals surface area contributed by atoms with E-state index in [-0.39, 0.29) is 23.7 Å². The molecular weight excluding hydrogens is 388 g/mol. The van der Waals surface area contributed by atoms with Gasteiger partial charge in [0.15, 0.2) is 0 Å². The molecule has 2 amide bonds. The van der Waals surface area contributed by atoms with E-state index in [0.29, 0.717) is 36.9 Å². The largest absolute Gasteiger partial charge is 0.381 e. The third-order valence-electron chi connectivity index (χ3n) is 5.56. The van der Waals surface area contributed by atoms with Crippen LogP contribution in [0.25, 0.3) is 0 Å². The van der Waals surface area contributed by atoms with Crippen LogP contribution < -0.4 is 10.6 Å². The molecule has 29 heavy (non-hydrogen) atoms. The lowest BCUT2D eigenvalue weighted by molar-refractivity contribution is -0.121. The molecule has 0 aromatic heterocycles. The van der Waals surface area contributed by atoms with Gasteiger partial charge < -0.3 is 15.4 Å². The predicted molar refractivity (Wildman–Crippen MR) is 114 cm³/mol. The number of carbonyl (C=O) groups is 2. The Morgan fingerprint density at radius 3 is 2.41 bits per heavy atom. The van der Waals surface area contributed by atoms with Crippen LogP contribution in [0.3, 0.4) is 0 Å².